The lowest BCUT2D eigenvalue weighted by Crippen LogP contribution is -2.54. The van der Waals surface area contributed by atoms with Crippen molar-refractivity contribution in [3.63, 3.8) is 0 Å². The number of epoxide rings is 1. The number of hydrogen-bond donors (Lipinski definition) is 1. The van der Waals surface area contributed by atoms with E-state index in [-0.39, 0.29) is 10.8 Å². The summed E-state index contributed by atoms with van der Waals surface area (Å²) in [5.41, 5.74) is -0.323. The fourth-order valence-electron chi connectivity index (χ4n) is 4.59. The van der Waals surface area contributed by atoms with Crippen molar-refractivity contribution < 1.29 is 9.84 Å². The zero-order valence-electron chi connectivity index (χ0n) is 10.9. The van der Waals surface area contributed by atoms with Gasteiger partial charge >= 0.3 is 0 Å². The molecule has 1 aliphatic heterocycles. The molecule has 0 radical (unpaired) electrons. The second-order valence-corrected chi connectivity index (χ2v) is 7.17. The molecular weight excluding hydrogens is 200 g/mol. The Kier molecular flexibility index (Phi) is 1.96. The van der Waals surface area contributed by atoms with Crippen molar-refractivity contribution in [3.05, 3.63) is 0 Å². The minimum atomic E-state index is -0.516. The van der Waals surface area contributed by atoms with E-state index in [1.807, 2.05) is 0 Å². The molecule has 1 heterocycles. The minimum Gasteiger partial charge on any atom is -0.389 e. The Hall–Kier alpha value is -0.0800. The predicted molar refractivity (Wildman–Crippen MR) is 63.1 cm³/mol. The molecule has 0 unspecified atom stereocenters. The van der Waals surface area contributed by atoms with Gasteiger partial charge in [-0.05, 0) is 42.9 Å². The molecule has 5 atom stereocenters. The van der Waals surface area contributed by atoms with Crippen LogP contribution in [0.15, 0.2) is 0 Å². The van der Waals surface area contributed by atoms with Crippen molar-refractivity contribution in [1.29, 1.82) is 0 Å². The molecule has 2 saturated carbocycles. The zero-order chi connectivity index (χ0) is 11.8. The van der Waals surface area contributed by atoms with E-state index in [1.165, 1.54) is 19.3 Å². The molecule has 2 aliphatic carbocycles. The molecule has 3 fully saturated rings. The van der Waals surface area contributed by atoms with Crippen LogP contribution >= 0.6 is 0 Å². The maximum atomic E-state index is 11.2. The monoisotopic (exact) mass is 224 g/mol. The number of hydrogen-bond acceptors (Lipinski definition) is 2. The molecule has 2 heteroatoms. The Bertz CT molecular complexity index is 318. The van der Waals surface area contributed by atoms with E-state index in [9.17, 15) is 5.11 Å². The van der Waals surface area contributed by atoms with Gasteiger partial charge in [0.25, 0.3) is 0 Å². The average molecular weight is 224 g/mol. The van der Waals surface area contributed by atoms with Crippen LogP contribution in [0.1, 0.15) is 53.4 Å². The standard InChI is InChI=1S/C14H24O2/c1-9-11(16-9)8-14(15)12(2,3)10-5-6-13(14,4)7-10/h9-11,15H,5-8H2,1-4H3/t9-,10-,11+,13+,14-/m0/s1. The fourth-order valence-corrected chi connectivity index (χ4v) is 4.59. The summed E-state index contributed by atoms with van der Waals surface area (Å²) in [6, 6.07) is 0. The van der Waals surface area contributed by atoms with Gasteiger partial charge in [0.1, 0.15) is 0 Å². The van der Waals surface area contributed by atoms with E-state index in [1.54, 1.807) is 0 Å². The van der Waals surface area contributed by atoms with Crippen LogP contribution in [-0.2, 0) is 4.74 Å². The third-order valence-electron chi connectivity index (χ3n) is 6.16. The molecule has 2 nitrogen and oxygen atoms in total. The second kappa shape index (κ2) is 2.84. The third kappa shape index (κ3) is 1.10. The minimum absolute atomic E-state index is 0.0612. The van der Waals surface area contributed by atoms with Gasteiger partial charge < -0.3 is 9.84 Å². The Labute approximate surface area is 98.4 Å². The summed E-state index contributed by atoms with van der Waals surface area (Å²) in [5.74, 6) is 0.705. The van der Waals surface area contributed by atoms with E-state index in [0.29, 0.717) is 18.1 Å². The molecule has 0 aromatic heterocycles. The number of aliphatic hydroxyl groups is 1. The Morgan fingerprint density at radius 1 is 1.31 bits per heavy atom. The van der Waals surface area contributed by atoms with Crippen LogP contribution in [0.4, 0.5) is 0 Å². The molecule has 92 valence electrons. The molecule has 0 aromatic rings. The quantitative estimate of drug-likeness (QED) is 0.732. The van der Waals surface area contributed by atoms with Gasteiger partial charge in [0, 0.05) is 6.42 Å². The molecule has 1 N–H and O–H groups in total. The Balaban J connectivity index is 1.91. The van der Waals surface area contributed by atoms with Gasteiger partial charge in [0.2, 0.25) is 0 Å². The summed E-state index contributed by atoms with van der Waals surface area (Å²) in [5, 5.41) is 11.2. The summed E-state index contributed by atoms with van der Waals surface area (Å²) in [6.07, 6.45) is 5.21. The molecule has 3 aliphatic rings. The zero-order valence-corrected chi connectivity index (χ0v) is 10.9. The van der Waals surface area contributed by atoms with E-state index in [4.69, 9.17) is 4.74 Å². The van der Waals surface area contributed by atoms with Gasteiger partial charge in [-0.1, -0.05) is 20.8 Å². The SMILES string of the molecule is C[C@@H]1O[C@@H]1C[C@]1(O)C(C)(C)[C@H]2CC[C@]1(C)C2. The Morgan fingerprint density at radius 3 is 2.38 bits per heavy atom. The van der Waals surface area contributed by atoms with Crippen LogP contribution in [0.25, 0.3) is 0 Å². The predicted octanol–water partition coefficient (Wildman–Crippen LogP) is 2.74. The van der Waals surface area contributed by atoms with Crippen molar-refractivity contribution in [1.82, 2.24) is 0 Å². The molecule has 1 saturated heterocycles. The van der Waals surface area contributed by atoms with Crippen LogP contribution in [-0.4, -0.2) is 22.9 Å². The second-order valence-electron chi connectivity index (χ2n) is 7.17. The van der Waals surface area contributed by atoms with E-state index < -0.39 is 5.60 Å². The first-order chi connectivity index (χ1) is 7.30. The molecular formula is C14H24O2. The van der Waals surface area contributed by atoms with Crippen LogP contribution in [0, 0.1) is 16.7 Å². The first kappa shape index (κ1) is 11.0. The van der Waals surface area contributed by atoms with Gasteiger partial charge in [-0.25, -0.2) is 0 Å². The molecule has 0 aromatic carbocycles. The van der Waals surface area contributed by atoms with Crippen molar-refractivity contribution in [2.45, 2.75) is 71.2 Å². The highest BCUT2D eigenvalue weighted by Crippen LogP contribution is 2.69. The molecule has 0 amide bonds. The average Bonchev–Trinajstić information content (AvgIpc) is 2.67. The van der Waals surface area contributed by atoms with Crippen LogP contribution in [0.5, 0.6) is 0 Å². The molecule has 3 rings (SSSR count). The number of rotatable bonds is 2. The number of fused-ring (bicyclic) bond motifs is 2. The van der Waals surface area contributed by atoms with E-state index >= 15 is 0 Å². The maximum absolute atomic E-state index is 11.2. The van der Waals surface area contributed by atoms with Gasteiger partial charge in [-0.3, -0.25) is 0 Å². The maximum Gasteiger partial charge on any atom is 0.0866 e. The first-order valence-corrected chi connectivity index (χ1v) is 6.68. The summed E-state index contributed by atoms with van der Waals surface area (Å²) in [7, 11) is 0. The first-order valence-electron chi connectivity index (χ1n) is 6.68. The van der Waals surface area contributed by atoms with Crippen LogP contribution < -0.4 is 0 Å². The topological polar surface area (TPSA) is 32.8 Å². The molecule has 16 heavy (non-hydrogen) atoms. The fraction of sp³-hybridized carbons (Fsp3) is 1.00. The molecule has 2 bridgehead atoms. The lowest BCUT2D eigenvalue weighted by Gasteiger charge is -2.50. The lowest BCUT2D eigenvalue weighted by molar-refractivity contribution is -0.150. The highest BCUT2D eigenvalue weighted by Gasteiger charge is 2.69. The highest BCUT2D eigenvalue weighted by molar-refractivity contribution is 5.19. The highest BCUT2D eigenvalue weighted by atomic mass is 16.6. The van der Waals surface area contributed by atoms with Crippen LogP contribution in [0.2, 0.25) is 0 Å². The van der Waals surface area contributed by atoms with E-state index in [2.05, 4.69) is 27.7 Å². The Morgan fingerprint density at radius 2 is 1.94 bits per heavy atom. The lowest BCUT2D eigenvalue weighted by atomic mass is 9.58. The van der Waals surface area contributed by atoms with Crippen molar-refractivity contribution in [2.75, 3.05) is 0 Å². The van der Waals surface area contributed by atoms with Gasteiger partial charge in [0.15, 0.2) is 0 Å². The molecule has 0 spiro atoms. The van der Waals surface area contributed by atoms with Gasteiger partial charge in [-0.15, -0.1) is 0 Å². The van der Waals surface area contributed by atoms with Gasteiger partial charge in [-0.2, -0.15) is 0 Å². The van der Waals surface area contributed by atoms with Crippen molar-refractivity contribution >= 4 is 0 Å². The van der Waals surface area contributed by atoms with E-state index in [0.717, 1.165) is 6.42 Å². The number of ether oxygens (including phenoxy) is 1. The van der Waals surface area contributed by atoms with Crippen molar-refractivity contribution in [3.8, 4) is 0 Å². The summed E-state index contributed by atoms with van der Waals surface area (Å²) >= 11 is 0. The smallest absolute Gasteiger partial charge is 0.0866 e. The summed E-state index contributed by atoms with van der Waals surface area (Å²) < 4.78 is 5.53. The van der Waals surface area contributed by atoms with Crippen molar-refractivity contribution in [2.24, 2.45) is 16.7 Å². The summed E-state index contributed by atoms with van der Waals surface area (Å²) in [6.45, 7) is 8.91. The largest absolute Gasteiger partial charge is 0.389 e. The van der Waals surface area contributed by atoms with Crippen LogP contribution in [0.3, 0.4) is 0 Å². The normalized spacial score (nSPS) is 57.9. The third-order valence-corrected chi connectivity index (χ3v) is 6.16. The van der Waals surface area contributed by atoms with Gasteiger partial charge in [0.05, 0.1) is 17.8 Å². The summed E-state index contributed by atoms with van der Waals surface area (Å²) in [4.78, 5) is 0.